The van der Waals surface area contributed by atoms with E-state index in [9.17, 15) is 37.6 Å². The fourth-order valence-corrected chi connectivity index (χ4v) is 8.28. The summed E-state index contributed by atoms with van der Waals surface area (Å²) in [5.41, 5.74) is -0.152. The lowest BCUT2D eigenvalue weighted by Crippen LogP contribution is -2.52. The zero-order valence-corrected chi connectivity index (χ0v) is 33.7. The number of amides is 3. The predicted octanol–water partition coefficient (Wildman–Crippen LogP) is 5.24. The number of ketones is 1. The van der Waals surface area contributed by atoms with Gasteiger partial charge in [-0.05, 0) is 93.2 Å². The van der Waals surface area contributed by atoms with Gasteiger partial charge in [0.2, 0.25) is 11.8 Å². The van der Waals surface area contributed by atoms with Crippen molar-refractivity contribution in [3.8, 4) is 11.8 Å². The molecule has 3 saturated heterocycles. The van der Waals surface area contributed by atoms with E-state index in [0.717, 1.165) is 60.0 Å². The summed E-state index contributed by atoms with van der Waals surface area (Å²) >= 11 is 5.69. The maximum atomic E-state index is 13.7. The second kappa shape index (κ2) is 17.3. The zero-order valence-electron chi connectivity index (χ0n) is 32.9. The first-order chi connectivity index (χ1) is 27.5. The number of Topliss-reactive ketones (excluding diaryl/α,β-unsaturated/α-hetero) is 1. The summed E-state index contributed by atoms with van der Waals surface area (Å²) in [6.07, 6.45) is -1.52. The van der Waals surface area contributed by atoms with Crippen molar-refractivity contribution < 1.29 is 37.1 Å². The maximum absolute atomic E-state index is 13.7. The number of halogens is 3. The standard InChI is InChI=1S/C42H46F3N7O5S/c1-5-29-22-31(52-40(58)51(39(56)41(52,3)4)32-23-33(42(43,44)45)34(24-46)47-25-32)10-11-36(29)57-18-17-49-13-15-50(16-14-49)26(2)35(53)21-28-8-6-7-27(19-28)20-30-9-12-37(54)48-38(30)55/h6-8,10-11,19,22-23,25-26,30H,5,9,12-18,20-21H2,1-4H3,(H,48,54,55)/t26-,30?/m1/s1. The van der Waals surface area contributed by atoms with E-state index in [1.165, 1.54) is 6.07 Å². The average Bonchev–Trinajstić information content (AvgIpc) is 3.37. The topological polar surface area (TPSA) is 139 Å². The van der Waals surface area contributed by atoms with E-state index in [4.69, 9.17) is 17.0 Å². The van der Waals surface area contributed by atoms with E-state index in [0.29, 0.717) is 56.7 Å². The van der Waals surface area contributed by atoms with Gasteiger partial charge in [-0.2, -0.15) is 18.4 Å². The van der Waals surface area contributed by atoms with E-state index in [-0.39, 0.29) is 40.4 Å². The highest BCUT2D eigenvalue weighted by Crippen LogP contribution is 2.40. The number of carbonyl (C=O) groups is 4. The van der Waals surface area contributed by atoms with Gasteiger partial charge in [-0.3, -0.25) is 39.2 Å². The Labute approximate surface area is 340 Å². The van der Waals surface area contributed by atoms with Crippen molar-refractivity contribution in [1.29, 1.82) is 5.26 Å². The number of carbonyl (C=O) groups excluding carboxylic acids is 4. The molecule has 4 heterocycles. The first-order valence-corrected chi connectivity index (χ1v) is 19.7. The molecule has 6 rings (SSSR count). The molecule has 1 N–H and O–H groups in total. The molecule has 1 unspecified atom stereocenters. The van der Waals surface area contributed by atoms with Crippen molar-refractivity contribution >= 4 is 52.2 Å². The number of alkyl halides is 3. The number of aromatic nitrogens is 1. The van der Waals surface area contributed by atoms with Crippen molar-refractivity contribution in [3.05, 3.63) is 82.7 Å². The number of nitrogens with zero attached hydrogens (tertiary/aromatic N) is 6. The number of thiocarbonyl (C=S) groups is 1. The summed E-state index contributed by atoms with van der Waals surface area (Å²) < 4.78 is 47.4. The molecular formula is C42H46F3N7O5S. The first-order valence-electron chi connectivity index (χ1n) is 19.3. The van der Waals surface area contributed by atoms with Gasteiger partial charge in [-0.25, -0.2) is 4.98 Å². The minimum Gasteiger partial charge on any atom is -0.492 e. The number of nitriles is 1. The number of benzene rings is 2. The Morgan fingerprint density at radius 1 is 1.07 bits per heavy atom. The van der Waals surface area contributed by atoms with Crippen molar-refractivity contribution in [2.24, 2.45) is 5.92 Å². The molecule has 58 heavy (non-hydrogen) atoms. The average molecular weight is 818 g/mol. The molecule has 0 bridgehead atoms. The third-order valence-electron chi connectivity index (χ3n) is 11.2. The third kappa shape index (κ3) is 9.06. The lowest BCUT2D eigenvalue weighted by molar-refractivity contribution is -0.138. The molecule has 306 valence electrons. The minimum atomic E-state index is -4.85. The van der Waals surface area contributed by atoms with Gasteiger partial charge >= 0.3 is 6.18 Å². The smallest absolute Gasteiger partial charge is 0.419 e. The molecular weight excluding hydrogens is 772 g/mol. The Morgan fingerprint density at radius 2 is 1.79 bits per heavy atom. The largest absolute Gasteiger partial charge is 0.492 e. The van der Waals surface area contributed by atoms with Crippen molar-refractivity contribution in [1.82, 2.24) is 20.1 Å². The van der Waals surface area contributed by atoms with Crippen LogP contribution < -0.4 is 19.9 Å². The van der Waals surface area contributed by atoms with Crippen LogP contribution in [0.25, 0.3) is 0 Å². The molecule has 2 aromatic carbocycles. The van der Waals surface area contributed by atoms with Crippen LogP contribution in [0.15, 0.2) is 54.7 Å². The quantitative estimate of drug-likeness (QED) is 0.179. The Bertz CT molecular complexity index is 2150. The van der Waals surface area contributed by atoms with E-state index in [2.05, 4.69) is 20.1 Å². The SMILES string of the molecule is CCc1cc(N2C(=S)N(c3cnc(C#N)c(C(F)(F)F)c3)C(=O)C2(C)C)ccc1OCCN1CCN([C@H](C)C(=O)Cc2cccc(CC3CCC(=O)NC3=O)c2)CC1. The number of piperazine rings is 1. The number of piperidine rings is 1. The number of pyridine rings is 1. The zero-order chi connectivity index (χ0) is 41.9. The third-order valence-corrected chi connectivity index (χ3v) is 11.5. The van der Waals surface area contributed by atoms with Crippen LogP contribution in [0.3, 0.4) is 0 Å². The molecule has 3 aliphatic rings. The molecule has 0 saturated carbocycles. The molecule has 3 fully saturated rings. The van der Waals surface area contributed by atoms with Crippen LogP contribution in [0.5, 0.6) is 5.75 Å². The second-order valence-electron chi connectivity index (χ2n) is 15.4. The van der Waals surface area contributed by atoms with Gasteiger partial charge in [-0.15, -0.1) is 0 Å². The fraction of sp³-hybridized carbons (Fsp3) is 0.452. The highest BCUT2D eigenvalue weighted by molar-refractivity contribution is 7.81. The van der Waals surface area contributed by atoms with Crippen molar-refractivity contribution in [2.75, 3.05) is 49.1 Å². The molecule has 12 nitrogen and oxygen atoms in total. The highest BCUT2D eigenvalue weighted by atomic mass is 32.1. The van der Waals surface area contributed by atoms with Crippen LogP contribution in [-0.4, -0.2) is 94.3 Å². The number of nitrogens with one attached hydrogen (secondary N) is 1. The number of hydrogen-bond donors (Lipinski definition) is 1. The van der Waals surface area contributed by atoms with Gasteiger partial charge in [-0.1, -0.05) is 31.2 Å². The van der Waals surface area contributed by atoms with E-state index in [1.807, 2.05) is 44.2 Å². The number of anilines is 2. The molecule has 2 atom stereocenters. The van der Waals surface area contributed by atoms with Gasteiger partial charge in [0.05, 0.1) is 23.5 Å². The van der Waals surface area contributed by atoms with E-state index >= 15 is 0 Å². The van der Waals surface area contributed by atoms with E-state index in [1.54, 1.807) is 30.9 Å². The predicted molar refractivity (Wildman–Crippen MR) is 214 cm³/mol. The number of aryl methyl sites for hydroxylation is 1. The van der Waals surface area contributed by atoms with Gasteiger partial charge in [0.25, 0.3) is 5.91 Å². The van der Waals surface area contributed by atoms with Crippen molar-refractivity contribution in [2.45, 2.75) is 77.6 Å². The number of imide groups is 1. The summed E-state index contributed by atoms with van der Waals surface area (Å²) in [6.45, 7) is 11.3. The maximum Gasteiger partial charge on any atom is 0.419 e. The van der Waals surface area contributed by atoms with Crippen LogP contribution in [0.2, 0.25) is 0 Å². The lowest BCUT2D eigenvalue weighted by atomic mass is 9.90. The van der Waals surface area contributed by atoms with Crippen LogP contribution >= 0.6 is 12.2 Å². The monoisotopic (exact) mass is 817 g/mol. The van der Waals surface area contributed by atoms with E-state index < -0.39 is 28.9 Å². The Morgan fingerprint density at radius 3 is 2.47 bits per heavy atom. The summed E-state index contributed by atoms with van der Waals surface area (Å²) in [6, 6.07) is 15.1. The van der Waals surface area contributed by atoms with Crippen LogP contribution in [-0.2, 0) is 44.6 Å². The van der Waals surface area contributed by atoms with Crippen LogP contribution in [0.4, 0.5) is 24.5 Å². The molecule has 0 spiro atoms. The second-order valence-corrected chi connectivity index (χ2v) is 15.7. The van der Waals surface area contributed by atoms with Crippen molar-refractivity contribution in [3.63, 3.8) is 0 Å². The molecule has 3 amide bonds. The molecule has 0 aliphatic carbocycles. The van der Waals surface area contributed by atoms with Gasteiger partial charge in [0.15, 0.2) is 16.6 Å². The highest BCUT2D eigenvalue weighted by Gasteiger charge is 2.51. The number of ether oxygens (including phenoxy) is 1. The summed E-state index contributed by atoms with van der Waals surface area (Å²) in [5, 5.41) is 11.6. The minimum absolute atomic E-state index is 0.0169. The lowest BCUT2D eigenvalue weighted by Gasteiger charge is -2.37. The Balaban J connectivity index is 1.01. The Kier molecular flexibility index (Phi) is 12.6. The molecule has 16 heteroatoms. The molecule has 3 aromatic rings. The first kappa shape index (κ1) is 42.4. The molecule has 1 aromatic heterocycles. The number of rotatable bonds is 13. The summed E-state index contributed by atoms with van der Waals surface area (Å²) in [5.74, 6) is -0.467. The summed E-state index contributed by atoms with van der Waals surface area (Å²) in [7, 11) is 0. The summed E-state index contributed by atoms with van der Waals surface area (Å²) in [4.78, 5) is 61.5. The van der Waals surface area contributed by atoms with Gasteiger partial charge in [0.1, 0.15) is 24.0 Å². The van der Waals surface area contributed by atoms with Crippen LogP contribution in [0, 0.1) is 17.2 Å². The molecule has 0 radical (unpaired) electrons. The molecule has 3 aliphatic heterocycles. The van der Waals surface area contributed by atoms with Gasteiger partial charge in [0, 0.05) is 57.2 Å². The van der Waals surface area contributed by atoms with Gasteiger partial charge < -0.3 is 9.64 Å². The van der Waals surface area contributed by atoms with Crippen LogP contribution in [0.1, 0.15) is 68.5 Å². The number of hydrogen-bond acceptors (Lipinski definition) is 10. The fourth-order valence-electron chi connectivity index (χ4n) is 7.76. The normalized spacial score (nSPS) is 19.6. The Hall–Kier alpha value is -5.24.